The molecule has 1 aromatic heterocycles. The minimum absolute atomic E-state index is 0.0967. The molecule has 0 aromatic carbocycles. The van der Waals surface area contributed by atoms with E-state index in [0.717, 1.165) is 12.8 Å². The van der Waals surface area contributed by atoms with Gasteiger partial charge < -0.3 is 19.9 Å². The number of hydrogen-bond acceptors (Lipinski definition) is 6. The van der Waals surface area contributed by atoms with E-state index in [1.807, 2.05) is 4.90 Å². The van der Waals surface area contributed by atoms with Crippen molar-refractivity contribution in [3.63, 3.8) is 0 Å². The van der Waals surface area contributed by atoms with Gasteiger partial charge in [-0.15, -0.1) is 0 Å². The van der Waals surface area contributed by atoms with Gasteiger partial charge in [0.25, 0.3) is 5.91 Å². The molecular formula is C19H29N5O3. The fraction of sp³-hybridized carbons (Fsp3) is 0.684. The quantitative estimate of drug-likeness (QED) is 0.812. The van der Waals surface area contributed by atoms with Gasteiger partial charge in [0.2, 0.25) is 5.95 Å². The van der Waals surface area contributed by atoms with Crippen LogP contribution in [-0.4, -0.2) is 65.7 Å². The zero-order valence-corrected chi connectivity index (χ0v) is 16.0. The topological polar surface area (TPSA) is 87.7 Å². The fourth-order valence-corrected chi connectivity index (χ4v) is 3.60. The van der Waals surface area contributed by atoms with Crippen LogP contribution in [0.4, 0.5) is 10.7 Å². The molecule has 8 heteroatoms. The number of nitrogens with zero attached hydrogens (tertiary/aromatic N) is 4. The molecule has 3 rings (SSSR count). The van der Waals surface area contributed by atoms with Crippen LogP contribution in [0.1, 0.15) is 55.8 Å². The lowest BCUT2D eigenvalue weighted by atomic mass is 10.1. The van der Waals surface area contributed by atoms with E-state index in [1.54, 1.807) is 24.2 Å². The summed E-state index contributed by atoms with van der Waals surface area (Å²) < 4.78 is 5.03. The molecule has 8 nitrogen and oxygen atoms in total. The van der Waals surface area contributed by atoms with E-state index < -0.39 is 0 Å². The Morgan fingerprint density at radius 1 is 1.07 bits per heavy atom. The smallest absolute Gasteiger partial charge is 0.409 e. The summed E-state index contributed by atoms with van der Waals surface area (Å²) >= 11 is 0. The number of aromatic nitrogens is 2. The Balaban J connectivity index is 1.51. The monoisotopic (exact) mass is 375 g/mol. The first-order chi connectivity index (χ1) is 13.2. The van der Waals surface area contributed by atoms with Gasteiger partial charge in [-0.2, -0.15) is 0 Å². The van der Waals surface area contributed by atoms with Gasteiger partial charge in [-0.1, -0.05) is 25.7 Å². The Kier molecular flexibility index (Phi) is 6.84. The zero-order chi connectivity index (χ0) is 19.1. The summed E-state index contributed by atoms with van der Waals surface area (Å²) in [6.45, 7) is 4.62. The van der Waals surface area contributed by atoms with E-state index in [9.17, 15) is 9.59 Å². The minimum Gasteiger partial charge on any atom is -0.450 e. The molecule has 2 heterocycles. The number of hydrogen-bond donors (Lipinski definition) is 1. The molecule has 1 aliphatic carbocycles. The molecule has 1 N–H and O–H groups in total. The van der Waals surface area contributed by atoms with Gasteiger partial charge in [0.1, 0.15) is 0 Å². The second-order valence-corrected chi connectivity index (χ2v) is 7.11. The van der Waals surface area contributed by atoms with Crippen molar-refractivity contribution in [1.29, 1.82) is 0 Å². The third kappa shape index (κ3) is 5.30. The van der Waals surface area contributed by atoms with E-state index in [-0.39, 0.29) is 18.0 Å². The molecule has 0 atom stereocenters. The highest BCUT2D eigenvalue weighted by Gasteiger charge is 2.23. The van der Waals surface area contributed by atoms with Gasteiger partial charge >= 0.3 is 6.09 Å². The Morgan fingerprint density at radius 2 is 1.70 bits per heavy atom. The number of anilines is 1. The third-order valence-corrected chi connectivity index (χ3v) is 5.18. The van der Waals surface area contributed by atoms with Crippen LogP contribution in [0.25, 0.3) is 0 Å². The van der Waals surface area contributed by atoms with Gasteiger partial charge in [-0.05, 0) is 19.8 Å². The zero-order valence-electron chi connectivity index (χ0n) is 16.0. The molecule has 2 amide bonds. The summed E-state index contributed by atoms with van der Waals surface area (Å²) in [7, 11) is 0. The van der Waals surface area contributed by atoms with E-state index in [1.165, 1.54) is 25.7 Å². The van der Waals surface area contributed by atoms with Crippen molar-refractivity contribution in [3.05, 3.63) is 18.0 Å². The van der Waals surface area contributed by atoms with Gasteiger partial charge in [-0.3, -0.25) is 4.79 Å². The van der Waals surface area contributed by atoms with Crippen molar-refractivity contribution >= 4 is 17.9 Å². The first-order valence-electron chi connectivity index (χ1n) is 9.97. The van der Waals surface area contributed by atoms with Crippen molar-refractivity contribution in [1.82, 2.24) is 20.2 Å². The predicted octanol–water partition coefficient (Wildman–Crippen LogP) is 2.21. The van der Waals surface area contributed by atoms with Crippen LogP contribution in [-0.2, 0) is 4.74 Å². The largest absolute Gasteiger partial charge is 0.450 e. The van der Waals surface area contributed by atoms with Gasteiger partial charge in [0.05, 0.1) is 12.2 Å². The highest BCUT2D eigenvalue weighted by molar-refractivity contribution is 5.93. The van der Waals surface area contributed by atoms with Crippen LogP contribution >= 0.6 is 0 Å². The Bertz CT molecular complexity index is 621. The summed E-state index contributed by atoms with van der Waals surface area (Å²) in [5.41, 5.74) is 0.494. The average molecular weight is 375 g/mol. The number of ether oxygens (including phenoxy) is 1. The molecule has 1 saturated carbocycles. The van der Waals surface area contributed by atoms with Gasteiger partial charge in [0.15, 0.2) is 0 Å². The standard InChI is InChI=1S/C19H29N5O3/c1-2-27-19(26)24-11-9-23(10-12-24)18-20-13-15(14-21-18)17(25)22-16-7-5-3-4-6-8-16/h13-14,16H,2-12H2,1H3,(H,22,25). The van der Waals surface area contributed by atoms with Crippen molar-refractivity contribution in [2.75, 3.05) is 37.7 Å². The van der Waals surface area contributed by atoms with Crippen LogP contribution in [0.3, 0.4) is 0 Å². The Morgan fingerprint density at radius 3 is 2.30 bits per heavy atom. The fourth-order valence-electron chi connectivity index (χ4n) is 3.60. The third-order valence-electron chi connectivity index (χ3n) is 5.18. The summed E-state index contributed by atoms with van der Waals surface area (Å²) in [6, 6.07) is 0.260. The average Bonchev–Trinajstić information content (AvgIpc) is 2.97. The van der Waals surface area contributed by atoms with Crippen LogP contribution in [0, 0.1) is 0 Å². The van der Waals surface area contributed by atoms with Gasteiger partial charge in [-0.25, -0.2) is 14.8 Å². The lowest BCUT2D eigenvalue weighted by Gasteiger charge is -2.33. The van der Waals surface area contributed by atoms with E-state index in [2.05, 4.69) is 15.3 Å². The molecule has 2 fully saturated rings. The molecule has 0 unspecified atom stereocenters. The number of piperazine rings is 1. The molecule has 27 heavy (non-hydrogen) atoms. The number of carbonyl (C=O) groups is 2. The first kappa shape index (κ1) is 19.4. The summed E-state index contributed by atoms with van der Waals surface area (Å²) in [5.74, 6) is 0.491. The van der Waals surface area contributed by atoms with E-state index in [4.69, 9.17) is 4.74 Å². The number of rotatable bonds is 4. The summed E-state index contributed by atoms with van der Waals surface area (Å²) in [5, 5.41) is 3.11. The maximum atomic E-state index is 12.4. The summed E-state index contributed by atoms with van der Waals surface area (Å²) in [4.78, 5) is 36.6. The highest BCUT2D eigenvalue weighted by Crippen LogP contribution is 2.18. The molecule has 2 aliphatic rings. The first-order valence-corrected chi connectivity index (χ1v) is 9.97. The molecule has 1 aliphatic heterocycles. The van der Waals surface area contributed by atoms with Crippen LogP contribution in [0.2, 0.25) is 0 Å². The molecule has 148 valence electrons. The molecule has 1 aromatic rings. The lowest BCUT2D eigenvalue weighted by Crippen LogP contribution is -2.49. The Labute approximate surface area is 160 Å². The second kappa shape index (κ2) is 9.53. The van der Waals surface area contributed by atoms with Crippen molar-refractivity contribution in [3.8, 4) is 0 Å². The normalized spacial score (nSPS) is 18.7. The van der Waals surface area contributed by atoms with Crippen LogP contribution in [0.15, 0.2) is 12.4 Å². The predicted molar refractivity (Wildman–Crippen MR) is 102 cm³/mol. The highest BCUT2D eigenvalue weighted by atomic mass is 16.6. The van der Waals surface area contributed by atoms with Crippen LogP contribution < -0.4 is 10.2 Å². The minimum atomic E-state index is -0.274. The van der Waals surface area contributed by atoms with Crippen molar-refractivity contribution in [2.45, 2.75) is 51.5 Å². The molecule has 0 bridgehead atoms. The van der Waals surface area contributed by atoms with Gasteiger partial charge in [0, 0.05) is 44.6 Å². The summed E-state index contributed by atoms with van der Waals surface area (Å²) in [6.07, 6.45) is 9.88. The number of carbonyl (C=O) groups excluding carboxylic acids is 2. The number of amides is 2. The van der Waals surface area contributed by atoms with Crippen molar-refractivity contribution in [2.24, 2.45) is 0 Å². The molecule has 1 saturated heterocycles. The maximum Gasteiger partial charge on any atom is 0.409 e. The van der Waals surface area contributed by atoms with Crippen LogP contribution in [0.5, 0.6) is 0 Å². The lowest BCUT2D eigenvalue weighted by molar-refractivity contribution is 0.0931. The van der Waals surface area contributed by atoms with E-state index >= 15 is 0 Å². The molecular weight excluding hydrogens is 346 g/mol. The number of nitrogens with one attached hydrogen (secondary N) is 1. The molecule has 0 radical (unpaired) electrons. The van der Waals surface area contributed by atoms with E-state index in [0.29, 0.717) is 44.3 Å². The second-order valence-electron chi connectivity index (χ2n) is 7.11. The van der Waals surface area contributed by atoms with Crippen molar-refractivity contribution < 1.29 is 14.3 Å². The maximum absolute atomic E-state index is 12.4. The molecule has 0 spiro atoms. The SMILES string of the molecule is CCOC(=O)N1CCN(c2ncc(C(=O)NC3CCCCCC3)cn2)CC1. The Hall–Kier alpha value is -2.38.